The van der Waals surface area contributed by atoms with Crippen molar-refractivity contribution in [2.75, 3.05) is 0 Å². The highest BCUT2D eigenvalue weighted by Gasteiger charge is 2.38. The van der Waals surface area contributed by atoms with Gasteiger partial charge in [0.1, 0.15) is 5.57 Å². The summed E-state index contributed by atoms with van der Waals surface area (Å²) in [6, 6.07) is 9.51. The van der Waals surface area contributed by atoms with Gasteiger partial charge in [0.05, 0.1) is 10.6 Å². The lowest BCUT2D eigenvalue weighted by Gasteiger charge is -2.29. The number of aromatic nitrogens is 1. The topological polar surface area (TPSA) is 65.5 Å². The van der Waals surface area contributed by atoms with Crippen LogP contribution < -0.4 is 0 Å². The first kappa shape index (κ1) is 15.4. The minimum atomic E-state index is -1.22. The van der Waals surface area contributed by atoms with Crippen LogP contribution in [0.25, 0.3) is 16.5 Å². The molecule has 2 aromatic rings. The molecule has 0 bridgehead atoms. The monoisotopic (exact) mass is 329 g/mol. The van der Waals surface area contributed by atoms with Crippen LogP contribution in [0, 0.1) is 6.92 Å². The van der Waals surface area contributed by atoms with Gasteiger partial charge in [-0.3, -0.25) is 0 Å². The average Bonchev–Trinajstić information content (AvgIpc) is 2.89. The Morgan fingerprint density at radius 1 is 1.09 bits per heavy atom. The number of cyclic esters (lactones) is 2. The number of esters is 2. The Morgan fingerprint density at radius 3 is 2.22 bits per heavy atom. The number of hydrogen-bond acceptors (Lipinski definition) is 6. The number of nitrogens with zero attached hydrogens (tertiary/aromatic N) is 1. The van der Waals surface area contributed by atoms with Crippen LogP contribution in [0.3, 0.4) is 0 Å². The Bertz CT molecular complexity index is 780. The molecule has 6 heteroatoms. The summed E-state index contributed by atoms with van der Waals surface area (Å²) in [5.74, 6) is -2.57. The SMILES string of the molecule is Cc1cc(-c2ccc(C=C3C(=O)OC(C)(C)OC3=O)cc2)sn1. The van der Waals surface area contributed by atoms with Crippen LogP contribution in [0.5, 0.6) is 0 Å². The van der Waals surface area contributed by atoms with Gasteiger partial charge in [-0.05, 0) is 41.7 Å². The molecular formula is C17H15NO4S. The smallest absolute Gasteiger partial charge is 0.348 e. The standard InChI is InChI=1S/C17H15NO4S/c1-10-8-14(23-18-10)12-6-4-11(5-7-12)9-13-15(19)21-17(2,3)22-16(13)20/h4-9H,1-3H3. The zero-order valence-corrected chi connectivity index (χ0v) is 13.8. The van der Waals surface area contributed by atoms with Gasteiger partial charge in [-0.15, -0.1) is 0 Å². The van der Waals surface area contributed by atoms with E-state index in [1.807, 2.05) is 37.3 Å². The van der Waals surface area contributed by atoms with E-state index in [0.717, 1.165) is 21.7 Å². The molecule has 1 saturated heterocycles. The van der Waals surface area contributed by atoms with E-state index in [4.69, 9.17) is 9.47 Å². The summed E-state index contributed by atoms with van der Waals surface area (Å²) in [4.78, 5) is 24.9. The third-order valence-corrected chi connectivity index (χ3v) is 4.18. The largest absolute Gasteiger partial charge is 0.419 e. The Kier molecular flexibility index (Phi) is 3.77. The summed E-state index contributed by atoms with van der Waals surface area (Å²) in [6.45, 7) is 4.98. The quantitative estimate of drug-likeness (QED) is 0.480. The van der Waals surface area contributed by atoms with Gasteiger partial charge in [0.15, 0.2) is 0 Å². The molecule has 1 aromatic carbocycles. The molecule has 0 saturated carbocycles. The summed E-state index contributed by atoms with van der Waals surface area (Å²) in [5, 5.41) is 0. The molecule has 0 N–H and O–H groups in total. The summed E-state index contributed by atoms with van der Waals surface area (Å²) >= 11 is 1.43. The molecule has 1 fully saturated rings. The lowest BCUT2D eigenvalue weighted by atomic mass is 10.1. The van der Waals surface area contributed by atoms with Crippen LogP contribution in [0.2, 0.25) is 0 Å². The van der Waals surface area contributed by atoms with Gasteiger partial charge in [0.25, 0.3) is 5.79 Å². The zero-order valence-electron chi connectivity index (χ0n) is 13.0. The van der Waals surface area contributed by atoms with Gasteiger partial charge >= 0.3 is 11.9 Å². The molecule has 1 aromatic heterocycles. The second kappa shape index (κ2) is 5.62. The minimum Gasteiger partial charge on any atom is -0.419 e. The average molecular weight is 329 g/mol. The third-order valence-electron chi connectivity index (χ3n) is 3.25. The first-order chi connectivity index (χ1) is 10.8. The van der Waals surface area contributed by atoms with Crippen molar-refractivity contribution < 1.29 is 19.1 Å². The highest BCUT2D eigenvalue weighted by Crippen LogP contribution is 2.27. The molecule has 118 valence electrons. The summed E-state index contributed by atoms with van der Waals surface area (Å²) < 4.78 is 14.4. The summed E-state index contributed by atoms with van der Waals surface area (Å²) in [7, 11) is 0. The van der Waals surface area contributed by atoms with Crippen LogP contribution >= 0.6 is 11.5 Å². The molecular weight excluding hydrogens is 314 g/mol. The molecule has 3 rings (SSSR count). The number of aryl methyl sites for hydroxylation is 1. The van der Waals surface area contributed by atoms with Gasteiger partial charge in [0, 0.05) is 13.8 Å². The molecule has 0 amide bonds. The minimum absolute atomic E-state index is 0.106. The summed E-state index contributed by atoms with van der Waals surface area (Å²) in [5.41, 5.74) is 2.63. The zero-order chi connectivity index (χ0) is 16.6. The molecule has 0 aliphatic carbocycles. The van der Waals surface area contributed by atoms with Crippen molar-refractivity contribution in [2.24, 2.45) is 0 Å². The van der Waals surface area contributed by atoms with E-state index >= 15 is 0 Å². The van der Waals surface area contributed by atoms with E-state index in [1.165, 1.54) is 31.5 Å². The van der Waals surface area contributed by atoms with Gasteiger partial charge in [-0.25, -0.2) is 9.59 Å². The van der Waals surface area contributed by atoms with Crippen molar-refractivity contribution in [2.45, 2.75) is 26.6 Å². The molecule has 5 nitrogen and oxygen atoms in total. The van der Waals surface area contributed by atoms with Gasteiger partial charge in [-0.2, -0.15) is 4.37 Å². The van der Waals surface area contributed by atoms with Crippen molar-refractivity contribution in [3.05, 3.63) is 47.2 Å². The fourth-order valence-corrected chi connectivity index (χ4v) is 2.95. The Balaban J connectivity index is 1.85. The van der Waals surface area contributed by atoms with Crippen LogP contribution in [0.15, 0.2) is 35.9 Å². The number of carbonyl (C=O) groups excluding carboxylic acids is 2. The van der Waals surface area contributed by atoms with Crippen LogP contribution in [-0.4, -0.2) is 22.1 Å². The highest BCUT2D eigenvalue weighted by molar-refractivity contribution is 7.09. The Hall–Kier alpha value is -2.47. The maximum Gasteiger partial charge on any atom is 0.348 e. The fraction of sp³-hybridized carbons (Fsp3) is 0.235. The number of ether oxygens (including phenoxy) is 2. The number of rotatable bonds is 2. The van der Waals surface area contributed by atoms with Crippen molar-refractivity contribution in [1.29, 1.82) is 0 Å². The number of benzene rings is 1. The second-order valence-corrected chi connectivity index (χ2v) is 6.50. The molecule has 2 heterocycles. The maximum atomic E-state index is 11.9. The van der Waals surface area contributed by atoms with Crippen molar-refractivity contribution in [3.8, 4) is 10.4 Å². The highest BCUT2D eigenvalue weighted by atomic mass is 32.1. The van der Waals surface area contributed by atoms with Crippen LogP contribution in [0.1, 0.15) is 25.1 Å². The van der Waals surface area contributed by atoms with Crippen LogP contribution in [-0.2, 0) is 19.1 Å². The number of carbonyl (C=O) groups is 2. The molecule has 23 heavy (non-hydrogen) atoms. The Labute approximate surface area is 137 Å². The van der Waals surface area contributed by atoms with E-state index < -0.39 is 17.7 Å². The Morgan fingerprint density at radius 2 is 1.70 bits per heavy atom. The molecule has 0 atom stereocenters. The van der Waals surface area contributed by atoms with Crippen molar-refractivity contribution >= 4 is 29.5 Å². The third kappa shape index (κ3) is 3.32. The van der Waals surface area contributed by atoms with Gasteiger partial charge in [0.2, 0.25) is 0 Å². The number of hydrogen-bond donors (Lipinski definition) is 0. The lowest BCUT2D eigenvalue weighted by molar-refractivity contribution is -0.222. The van der Waals surface area contributed by atoms with E-state index in [2.05, 4.69) is 4.37 Å². The summed E-state index contributed by atoms with van der Waals surface area (Å²) in [6.07, 6.45) is 1.47. The first-order valence-electron chi connectivity index (χ1n) is 7.06. The van der Waals surface area contributed by atoms with Gasteiger partial charge < -0.3 is 9.47 Å². The molecule has 0 unspecified atom stereocenters. The lowest BCUT2D eigenvalue weighted by Crippen LogP contribution is -2.41. The fourth-order valence-electron chi connectivity index (χ4n) is 2.19. The van der Waals surface area contributed by atoms with E-state index in [-0.39, 0.29) is 5.57 Å². The van der Waals surface area contributed by atoms with Crippen molar-refractivity contribution in [3.63, 3.8) is 0 Å². The second-order valence-electron chi connectivity index (χ2n) is 5.69. The normalized spacial score (nSPS) is 16.7. The van der Waals surface area contributed by atoms with E-state index in [9.17, 15) is 9.59 Å². The molecule has 1 aliphatic rings. The van der Waals surface area contributed by atoms with E-state index in [0.29, 0.717) is 0 Å². The predicted octanol–water partition coefficient (Wildman–Crippen LogP) is 3.34. The van der Waals surface area contributed by atoms with E-state index in [1.54, 1.807) is 0 Å². The van der Waals surface area contributed by atoms with Crippen molar-refractivity contribution in [1.82, 2.24) is 4.37 Å². The molecule has 1 aliphatic heterocycles. The molecule has 0 radical (unpaired) electrons. The van der Waals surface area contributed by atoms with Crippen LogP contribution in [0.4, 0.5) is 0 Å². The molecule has 0 spiro atoms. The predicted molar refractivity (Wildman–Crippen MR) is 86.5 cm³/mol. The first-order valence-corrected chi connectivity index (χ1v) is 7.83. The van der Waals surface area contributed by atoms with Gasteiger partial charge in [-0.1, -0.05) is 24.3 Å². The maximum absolute atomic E-state index is 11.9.